The molecule has 1 amide bonds. The zero-order chi connectivity index (χ0) is 16.0. The molecule has 0 bridgehead atoms. The lowest BCUT2D eigenvalue weighted by Crippen LogP contribution is -2.35. The summed E-state index contributed by atoms with van der Waals surface area (Å²) in [5.74, 6) is 0. The standard InChI is InChI=1S/C18H26N2O2/c1-17(2,3)22-16(21)20-11-8-13-12-14(6-7-15(13)20)18(4)9-5-10-19-18/h6-7,12,19H,5,8-11H2,1-4H3. The quantitative estimate of drug-likeness (QED) is 0.862. The number of hydrogen-bond donors (Lipinski definition) is 1. The molecule has 0 radical (unpaired) electrons. The van der Waals surface area contributed by atoms with Crippen LogP contribution in [0.15, 0.2) is 18.2 Å². The molecule has 3 rings (SSSR count). The number of nitrogens with one attached hydrogen (secondary N) is 1. The smallest absolute Gasteiger partial charge is 0.414 e. The molecule has 2 aliphatic rings. The molecule has 4 heteroatoms. The summed E-state index contributed by atoms with van der Waals surface area (Å²) in [7, 11) is 0. The van der Waals surface area contributed by atoms with Crippen molar-refractivity contribution >= 4 is 11.8 Å². The van der Waals surface area contributed by atoms with Gasteiger partial charge in [-0.3, -0.25) is 4.90 Å². The van der Waals surface area contributed by atoms with Gasteiger partial charge in [-0.25, -0.2) is 4.79 Å². The third-order valence-electron chi connectivity index (χ3n) is 4.59. The molecular formula is C18H26N2O2. The molecule has 1 aromatic carbocycles. The van der Waals surface area contributed by atoms with E-state index in [0.717, 1.165) is 18.7 Å². The van der Waals surface area contributed by atoms with E-state index in [1.54, 1.807) is 4.90 Å². The Labute approximate surface area is 132 Å². The van der Waals surface area contributed by atoms with E-state index < -0.39 is 5.60 Å². The maximum absolute atomic E-state index is 12.3. The van der Waals surface area contributed by atoms with Gasteiger partial charge in [0.1, 0.15) is 5.60 Å². The summed E-state index contributed by atoms with van der Waals surface area (Å²) in [6.07, 6.45) is 3.04. The van der Waals surface area contributed by atoms with Crippen LogP contribution < -0.4 is 10.2 Å². The SMILES string of the molecule is CC(C)(C)OC(=O)N1CCc2cc(C3(C)CCCN3)ccc21. The highest BCUT2D eigenvalue weighted by molar-refractivity contribution is 5.90. The summed E-state index contributed by atoms with van der Waals surface area (Å²) in [4.78, 5) is 14.1. The van der Waals surface area contributed by atoms with Gasteiger partial charge in [0, 0.05) is 12.1 Å². The zero-order valence-electron chi connectivity index (χ0n) is 14.0. The number of fused-ring (bicyclic) bond motifs is 1. The summed E-state index contributed by atoms with van der Waals surface area (Å²) in [5.41, 5.74) is 3.20. The summed E-state index contributed by atoms with van der Waals surface area (Å²) >= 11 is 0. The fraction of sp³-hybridized carbons (Fsp3) is 0.611. The fourth-order valence-corrected chi connectivity index (χ4v) is 3.39. The van der Waals surface area contributed by atoms with Gasteiger partial charge in [-0.05, 0) is 70.7 Å². The lowest BCUT2D eigenvalue weighted by atomic mass is 9.89. The van der Waals surface area contributed by atoms with Crippen molar-refractivity contribution in [1.29, 1.82) is 0 Å². The molecule has 0 spiro atoms. The summed E-state index contributed by atoms with van der Waals surface area (Å²) in [5, 5.41) is 3.60. The Hall–Kier alpha value is -1.55. The van der Waals surface area contributed by atoms with E-state index in [0.29, 0.717) is 6.54 Å². The molecule has 120 valence electrons. The monoisotopic (exact) mass is 302 g/mol. The Morgan fingerprint density at radius 1 is 1.36 bits per heavy atom. The van der Waals surface area contributed by atoms with Crippen molar-refractivity contribution in [3.63, 3.8) is 0 Å². The molecule has 1 N–H and O–H groups in total. The van der Waals surface area contributed by atoms with Gasteiger partial charge in [0.05, 0.1) is 5.69 Å². The molecule has 1 fully saturated rings. The molecule has 0 aliphatic carbocycles. The summed E-state index contributed by atoms with van der Waals surface area (Å²) in [6.45, 7) is 9.75. The molecule has 1 saturated heterocycles. The first-order valence-corrected chi connectivity index (χ1v) is 8.17. The number of carbonyl (C=O) groups is 1. The van der Waals surface area contributed by atoms with Crippen molar-refractivity contribution in [3.8, 4) is 0 Å². The van der Waals surface area contributed by atoms with Gasteiger partial charge in [-0.15, -0.1) is 0 Å². The second-order valence-corrected chi connectivity index (χ2v) is 7.59. The lowest BCUT2D eigenvalue weighted by molar-refractivity contribution is 0.0584. The third-order valence-corrected chi connectivity index (χ3v) is 4.59. The van der Waals surface area contributed by atoms with Gasteiger partial charge in [-0.1, -0.05) is 12.1 Å². The van der Waals surface area contributed by atoms with Crippen molar-refractivity contribution < 1.29 is 9.53 Å². The Bertz CT molecular complexity index is 583. The van der Waals surface area contributed by atoms with Gasteiger partial charge < -0.3 is 10.1 Å². The molecule has 4 nitrogen and oxygen atoms in total. The van der Waals surface area contributed by atoms with Gasteiger partial charge in [0.25, 0.3) is 0 Å². The van der Waals surface area contributed by atoms with Crippen LogP contribution in [0.1, 0.15) is 51.7 Å². The zero-order valence-corrected chi connectivity index (χ0v) is 14.0. The number of hydrogen-bond acceptors (Lipinski definition) is 3. The van der Waals surface area contributed by atoms with Crippen molar-refractivity contribution in [1.82, 2.24) is 5.32 Å². The van der Waals surface area contributed by atoms with Crippen LogP contribution >= 0.6 is 0 Å². The largest absolute Gasteiger partial charge is 0.443 e. The van der Waals surface area contributed by atoms with E-state index in [4.69, 9.17) is 4.74 Å². The molecule has 0 saturated carbocycles. The second-order valence-electron chi connectivity index (χ2n) is 7.59. The van der Waals surface area contributed by atoms with Crippen molar-refractivity contribution in [2.75, 3.05) is 18.0 Å². The first-order valence-electron chi connectivity index (χ1n) is 8.17. The number of rotatable bonds is 1. The maximum Gasteiger partial charge on any atom is 0.414 e. The van der Waals surface area contributed by atoms with E-state index in [1.807, 2.05) is 20.8 Å². The summed E-state index contributed by atoms with van der Waals surface area (Å²) < 4.78 is 5.50. The molecule has 1 atom stereocenters. The number of benzene rings is 1. The highest BCUT2D eigenvalue weighted by atomic mass is 16.6. The van der Waals surface area contributed by atoms with Gasteiger partial charge >= 0.3 is 6.09 Å². The average molecular weight is 302 g/mol. The van der Waals surface area contributed by atoms with Crippen molar-refractivity contribution in [3.05, 3.63) is 29.3 Å². The van der Waals surface area contributed by atoms with Crippen molar-refractivity contribution in [2.24, 2.45) is 0 Å². The first-order chi connectivity index (χ1) is 10.3. The topological polar surface area (TPSA) is 41.6 Å². The normalized spacial score (nSPS) is 24.5. The van der Waals surface area contributed by atoms with Crippen LogP contribution in [0.25, 0.3) is 0 Å². The number of carbonyl (C=O) groups excluding carboxylic acids is 1. The molecule has 1 unspecified atom stereocenters. The van der Waals surface area contributed by atoms with Crippen LogP contribution in [0.3, 0.4) is 0 Å². The average Bonchev–Trinajstić information content (AvgIpc) is 3.02. The predicted octanol–water partition coefficient (Wildman–Crippen LogP) is 3.58. The third kappa shape index (κ3) is 2.84. The second kappa shape index (κ2) is 5.27. The minimum atomic E-state index is -0.457. The number of ether oxygens (including phenoxy) is 1. The summed E-state index contributed by atoms with van der Waals surface area (Å²) in [6, 6.07) is 6.49. The minimum absolute atomic E-state index is 0.0777. The Kier molecular flexibility index (Phi) is 3.68. The molecular weight excluding hydrogens is 276 g/mol. The van der Waals surface area contributed by atoms with Crippen LogP contribution in [0.2, 0.25) is 0 Å². The first kappa shape index (κ1) is 15.3. The van der Waals surface area contributed by atoms with E-state index in [1.165, 1.54) is 24.0 Å². The number of nitrogens with zero attached hydrogens (tertiary/aromatic N) is 1. The van der Waals surface area contributed by atoms with E-state index in [2.05, 4.69) is 30.4 Å². The Morgan fingerprint density at radius 2 is 2.14 bits per heavy atom. The Balaban J connectivity index is 1.83. The lowest BCUT2D eigenvalue weighted by Gasteiger charge is -2.27. The van der Waals surface area contributed by atoms with Crippen LogP contribution in [0, 0.1) is 0 Å². The molecule has 0 aromatic heterocycles. The highest BCUT2D eigenvalue weighted by Gasteiger charge is 2.33. The van der Waals surface area contributed by atoms with Crippen LogP contribution in [-0.4, -0.2) is 24.8 Å². The van der Waals surface area contributed by atoms with E-state index >= 15 is 0 Å². The van der Waals surface area contributed by atoms with Crippen molar-refractivity contribution in [2.45, 2.75) is 58.1 Å². The predicted molar refractivity (Wildman–Crippen MR) is 88.3 cm³/mol. The van der Waals surface area contributed by atoms with Crippen LogP contribution in [0.4, 0.5) is 10.5 Å². The van der Waals surface area contributed by atoms with Gasteiger partial charge in [0.15, 0.2) is 0 Å². The molecule has 1 aromatic rings. The van der Waals surface area contributed by atoms with E-state index in [9.17, 15) is 4.79 Å². The van der Waals surface area contributed by atoms with Gasteiger partial charge in [0.2, 0.25) is 0 Å². The van der Waals surface area contributed by atoms with Gasteiger partial charge in [-0.2, -0.15) is 0 Å². The molecule has 2 heterocycles. The molecule has 22 heavy (non-hydrogen) atoms. The molecule has 2 aliphatic heterocycles. The number of amides is 1. The number of anilines is 1. The van der Waals surface area contributed by atoms with E-state index in [-0.39, 0.29) is 11.6 Å². The van der Waals surface area contributed by atoms with Crippen LogP contribution in [0.5, 0.6) is 0 Å². The van der Waals surface area contributed by atoms with Crippen LogP contribution in [-0.2, 0) is 16.7 Å². The minimum Gasteiger partial charge on any atom is -0.443 e. The maximum atomic E-state index is 12.3. The highest BCUT2D eigenvalue weighted by Crippen LogP contribution is 2.36. The Morgan fingerprint density at radius 3 is 2.77 bits per heavy atom. The fourth-order valence-electron chi connectivity index (χ4n) is 3.39.